The molecule has 1 aliphatic heterocycles. The number of hydrogen-bond acceptors (Lipinski definition) is 5. The number of halogens is 1. The van der Waals surface area contributed by atoms with Gasteiger partial charge in [-0.05, 0) is 18.2 Å². The minimum absolute atomic E-state index is 0.0913. The second kappa shape index (κ2) is 6.16. The molecule has 1 aromatic rings. The molecular weight excluding hydrogens is 267 g/mol. The molecular formula is C13H13FN2O4. The van der Waals surface area contributed by atoms with E-state index in [4.69, 9.17) is 9.57 Å². The van der Waals surface area contributed by atoms with Crippen molar-refractivity contribution in [3.63, 3.8) is 0 Å². The minimum atomic E-state index is -0.752. The SMILES string of the molecule is CNC(=O)c1ccc(NOC(=O)[C@H]2C=CCO2)cc1F. The van der Waals surface area contributed by atoms with E-state index in [1.165, 1.54) is 19.2 Å². The lowest BCUT2D eigenvalue weighted by Crippen LogP contribution is -2.24. The predicted octanol–water partition coefficient (Wildman–Crippen LogP) is 1.01. The molecule has 20 heavy (non-hydrogen) atoms. The lowest BCUT2D eigenvalue weighted by molar-refractivity contribution is -0.149. The molecule has 106 valence electrons. The first-order chi connectivity index (χ1) is 9.61. The molecule has 1 amide bonds. The van der Waals surface area contributed by atoms with E-state index in [1.807, 2.05) is 0 Å². The third-order valence-corrected chi connectivity index (χ3v) is 2.63. The maximum absolute atomic E-state index is 13.6. The molecule has 1 aromatic carbocycles. The summed E-state index contributed by atoms with van der Waals surface area (Å²) in [5.74, 6) is -1.88. The van der Waals surface area contributed by atoms with E-state index in [2.05, 4.69) is 10.8 Å². The summed E-state index contributed by atoms with van der Waals surface area (Å²) in [6, 6.07) is 3.77. The molecule has 7 heteroatoms. The summed E-state index contributed by atoms with van der Waals surface area (Å²) in [6.07, 6.45) is 2.51. The van der Waals surface area contributed by atoms with Crippen LogP contribution in [0.4, 0.5) is 10.1 Å². The fraction of sp³-hybridized carbons (Fsp3) is 0.231. The highest BCUT2D eigenvalue weighted by Gasteiger charge is 2.21. The zero-order valence-electron chi connectivity index (χ0n) is 10.7. The summed E-state index contributed by atoms with van der Waals surface area (Å²) in [4.78, 5) is 27.6. The predicted molar refractivity (Wildman–Crippen MR) is 68.4 cm³/mol. The number of carbonyl (C=O) groups excluding carboxylic acids is 2. The van der Waals surface area contributed by atoms with Crippen LogP contribution in [0.15, 0.2) is 30.4 Å². The largest absolute Gasteiger partial charge is 0.364 e. The van der Waals surface area contributed by atoms with E-state index in [-0.39, 0.29) is 11.3 Å². The average Bonchev–Trinajstić information content (AvgIpc) is 2.98. The fourth-order valence-corrected chi connectivity index (χ4v) is 1.61. The summed E-state index contributed by atoms with van der Waals surface area (Å²) in [5.41, 5.74) is 2.43. The van der Waals surface area contributed by atoms with Crippen molar-refractivity contribution < 1.29 is 23.6 Å². The summed E-state index contributed by atoms with van der Waals surface area (Å²) < 4.78 is 18.7. The normalized spacial score (nSPS) is 16.8. The molecule has 2 N–H and O–H groups in total. The Morgan fingerprint density at radius 3 is 2.85 bits per heavy atom. The van der Waals surface area contributed by atoms with Gasteiger partial charge in [0.05, 0.1) is 17.9 Å². The van der Waals surface area contributed by atoms with Gasteiger partial charge in [0.2, 0.25) is 0 Å². The molecule has 6 nitrogen and oxygen atoms in total. The highest BCUT2D eigenvalue weighted by Crippen LogP contribution is 2.15. The lowest BCUT2D eigenvalue weighted by atomic mass is 10.2. The first-order valence-electron chi connectivity index (χ1n) is 5.88. The molecule has 0 spiro atoms. The van der Waals surface area contributed by atoms with E-state index in [0.717, 1.165) is 6.07 Å². The molecule has 0 aromatic heterocycles. The van der Waals surface area contributed by atoms with Crippen molar-refractivity contribution in [2.45, 2.75) is 6.10 Å². The Hall–Kier alpha value is -2.41. The second-order valence-electron chi connectivity index (χ2n) is 3.98. The topological polar surface area (TPSA) is 76.7 Å². The van der Waals surface area contributed by atoms with Crippen molar-refractivity contribution in [1.29, 1.82) is 0 Å². The van der Waals surface area contributed by atoms with Crippen molar-refractivity contribution in [3.05, 3.63) is 41.7 Å². The number of hydrogen-bond donors (Lipinski definition) is 2. The Kier molecular flexibility index (Phi) is 4.31. The summed E-state index contributed by atoms with van der Waals surface area (Å²) in [6.45, 7) is 0.356. The molecule has 0 saturated carbocycles. The highest BCUT2D eigenvalue weighted by molar-refractivity contribution is 5.94. The van der Waals surface area contributed by atoms with Crippen LogP contribution in [0.2, 0.25) is 0 Å². The van der Waals surface area contributed by atoms with Crippen molar-refractivity contribution in [2.75, 3.05) is 19.1 Å². The second-order valence-corrected chi connectivity index (χ2v) is 3.98. The van der Waals surface area contributed by atoms with Crippen LogP contribution in [0.3, 0.4) is 0 Å². The Balaban J connectivity index is 1.96. The Morgan fingerprint density at radius 2 is 2.25 bits per heavy atom. The van der Waals surface area contributed by atoms with Crippen molar-refractivity contribution in [2.24, 2.45) is 0 Å². The van der Waals surface area contributed by atoms with E-state index < -0.39 is 23.8 Å². The lowest BCUT2D eigenvalue weighted by Gasteiger charge is -2.10. The number of rotatable bonds is 4. The maximum atomic E-state index is 13.6. The van der Waals surface area contributed by atoms with Crippen molar-refractivity contribution in [3.8, 4) is 0 Å². The van der Waals surface area contributed by atoms with Gasteiger partial charge in [-0.3, -0.25) is 4.79 Å². The van der Waals surface area contributed by atoms with Gasteiger partial charge in [-0.1, -0.05) is 6.08 Å². The Morgan fingerprint density at radius 1 is 1.45 bits per heavy atom. The quantitative estimate of drug-likeness (QED) is 0.636. The zero-order chi connectivity index (χ0) is 14.5. The van der Waals surface area contributed by atoms with Crippen molar-refractivity contribution in [1.82, 2.24) is 5.32 Å². The molecule has 0 radical (unpaired) electrons. The molecule has 1 aliphatic rings. The summed E-state index contributed by atoms with van der Waals surface area (Å²) in [5, 5.41) is 2.32. The van der Waals surface area contributed by atoms with E-state index in [1.54, 1.807) is 12.2 Å². The molecule has 0 saturated heterocycles. The summed E-state index contributed by atoms with van der Waals surface area (Å²) in [7, 11) is 1.41. The Labute approximate surface area is 114 Å². The maximum Gasteiger partial charge on any atom is 0.364 e. The van der Waals surface area contributed by atoms with Gasteiger partial charge in [-0.2, -0.15) is 0 Å². The van der Waals surface area contributed by atoms with Gasteiger partial charge >= 0.3 is 5.97 Å². The van der Waals surface area contributed by atoms with Gasteiger partial charge in [-0.25, -0.2) is 14.7 Å². The number of anilines is 1. The molecule has 0 bridgehead atoms. The van der Waals surface area contributed by atoms with Crippen molar-refractivity contribution >= 4 is 17.6 Å². The van der Waals surface area contributed by atoms with Crippen LogP contribution in [-0.4, -0.2) is 31.6 Å². The van der Waals surface area contributed by atoms with Gasteiger partial charge in [-0.15, -0.1) is 0 Å². The van der Waals surface area contributed by atoms with Gasteiger partial charge < -0.3 is 14.9 Å². The van der Waals surface area contributed by atoms with Crippen LogP contribution in [0, 0.1) is 5.82 Å². The number of ether oxygens (including phenoxy) is 1. The van der Waals surface area contributed by atoms with Gasteiger partial charge in [0.1, 0.15) is 5.82 Å². The molecule has 1 heterocycles. The molecule has 2 rings (SSSR count). The van der Waals surface area contributed by atoms with E-state index >= 15 is 0 Å². The van der Waals surface area contributed by atoms with Crippen LogP contribution in [0.25, 0.3) is 0 Å². The van der Waals surface area contributed by atoms with E-state index in [0.29, 0.717) is 6.61 Å². The van der Waals surface area contributed by atoms with Crippen LogP contribution >= 0.6 is 0 Å². The van der Waals surface area contributed by atoms with Crippen LogP contribution in [0.1, 0.15) is 10.4 Å². The third-order valence-electron chi connectivity index (χ3n) is 2.63. The average molecular weight is 280 g/mol. The first-order valence-corrected chi connectivity index (χ1v) is 5.88. The number of amides is 1. The molecule has 0 fully saturated rings. The molecule has 0 unspecified atom stereocenters. The standard InChI is InChI=1S/C13H13FN2O4/c1-15-12(17)9-5-4-8(7-10(9)14)16-20-13(18)11-3-2-6-19-11/h2-5,7,11,16H,6H2,1H3,(H,15,17)/t11-/m1/s1. The monoisotopic (exact) mass is 280 g/mol. The van der Waals surface area contributed by atoms with Crippen LogP contribution in [0.5, 0.6) is 0 Å². The van der Waals surface area contributed by atoms with Gasteiger partial charge in [0.15, 0.2) is 6.10 Å². The molecule has 0 aliphatic carbocycles. The highest BCUT2D eigenvalue weighted by atomic mass is 19.1. The minimum Gasteiger partial charge on any atom is -0.358 e. The first kappa shape index (κ1) is 14.0. The number of nitrogens with one attached hydrogen (secondary N) is 2. The van der Waals surface area contributed by atoms with Crippen LogP contribution in [-0.2, 0) is 14.4 Å². The smallest absolute Gasteiger partial charge is 0.358 e. The third kappa shape index (κ3) is 3.12. The Bertz CT molecular complexity index is 559. The molecule has 1 atom stereocenters. The number of benzene rings is 1. The van der Waals surface area contributed by atoms with Gasteiger partial charge in [0.25, 0.3) is 5.91 Å². The van der Waals surface area contributed by atoms with E-state index in [9.17, 15) is 14.0 Å². The zero-order valence-corrected chi connectivity index (χ0v) is 10.7. The number of carbonyl (C=O) groups is 2. The summed E-state index contributed by atoms with van der Waals surface area (Å²) >= 11 is 0. The fourth-order valence-electron chi connectivity index (χ4n) is 1.61. The van der Waals surface area contributed by atoms with Crippen LogP contribution < -0.4 is 10.8 Å². The van der Waals surface area contributed by atoms with Gasteiger partial charge in [0, 0.05) is 13.1 Å².